The molecule has 2 unspecified atom stereocenters. The Labute approximate surface area is 52.8 Å². The first kappa shape index (κ1) is 6.30. The standard InChI is InChI=1S/C6H14OSi/c1-6-3-4-7-8(2)5-6/h6,8H,3-5H2,1-2H3. The fourth-order valence-electron chi connectivity index (χ4n) is 1.22. The van der Waals surface area contributed by atoms with E-state index >= 15 is 0 Å². The summed E-state index contributed by atoms with van der Waals surface area (Å²) < 4.78 is 5.49. The van der Waals surface area contributed by atoms with E-state index in [1.165, 1.54) is 12.5 Å². The van der Waals surface area contributed by atoms with Crippen molar-refractivity contribution in [1.82, 2.24) is 0 Å². The van der Waals surface area contributed by atoms with E-state index in [-0.39, 0.29) is 0 Å². The van der Waals surface area contributed by atoms with E-state index < -0.39 is 9.04 Å². The summed E-state index contributed by atoms with van der Waals surface area (Å²) in [5, 5.41) is 0. The van der Waals surface area contributed by atoms with Crippen LogP contribution in [-0.4, -0.2) is 15.6 Å². The summed E-state index contributed by atoms with van der Waals surface area (Å²) in [7, 11) is -0.652. The smallest absolute Gasteiger partial charge is 0.174 e. The van der Waals surface area contributed by atoms with Gasteiger partial charge < -0.3 is 4.43 Å². The van der Waals surface area contributed by atoms with Crippen molar-refractivity contribution in [2.45, 2.75) is 25.9 Å². The van der Waals surface area contributed by atoms with Gasteiger partial charge in [0, 0.05) is 6.61 Å². The van der Waals surface area contributed by atoms with E-state index in [2.05, 4.69) is 13.5 Å². The first-order valence-electron chi connectivity index (χ1n) is 3.40. The Balaban J connectivity index is 2.23. The molecule has 0 bridgehead atoms. The summed E-state index contributed by atoms with van der Waals surface area (Å²) in [6.45, 7) is 5.65. The maximum Gasteiger partial charge on any atom is 0.174 e. The Morgan fingerprint density at radius 1 is 1.62 bits per heavy atom. The van der Waals surface area contributed by atoms with Crippen LogP contribution in [0.3, 0.4) is 0 Å². The average Bonchev–Trinajstić information content (AvgIpc) is 1.64. The molecular formula is C6H14OSi. The van der Waals surface area contributed by atoms with Crippen LogP contribution in [0.2, 0.25) is 12.6 Å². The van der Waals surface area contributed by atoms with Gasteiger partial charge in [0.15, 0.2) is 9.04 Å². The van der Waals surface area contributed by atoms with E-state index in [4.69, 9.17) is 4.43 Å². The van der Waals surface area contributed by atoms with E-state index in [0.29, 0.717) is 0 Å². The highest BCUT2D eigenvalue weighted by molar-refractivity contribution is 6.50. The van der Waals surface area contributed by atoms with Gasteiger partial charge in [-0.05, 0) is 24.9 Å². The van der Waals surface area contributed by atoms with Crippen molar-refractivity contribution in [3.05, 3.63) is 0 Å². The monoisotopic (exact) mass is 130 g/mol. The number of rotatable bonds is 0. The van der Waals surface area contributed by atoms with Gasteiger partial charge in [0.1, 0.15) is 0 Å². The summed E-state index contributed by atoms with van der Waals surface area (Å²) >= 11 is 0. The lowest BCUT2D eigenvalue weighted by atomic mass is 10.1. The third-order valence-electron chi connectivity index (χ3n) is 1.75. The van der Waals surface area contributed by atoms with Crippen molar-refractivity contribution >= 4 is 9.04 Å². The molecule has 8 heavy (non-hydrogen) atoms. The summed E-state index contributed by atoms with van der Waals surface area (Å²) in [4.78, 5) is 0. The highest BCUT2D eigenvalue weighted by Crippen LogP contribution is 2.17. The van der Waals surface area contributed by atoms with Gasteiger partial charge in [-0.1, -0.05) is 6.92 Å². The van der Waals surface area contributed by atoms with E-state index in [1.54, 1.807) is 0 Å². The van der Waals surface area contributed by atoms with Gasteiger partial charge in [0.2, 0.25) is 0 Å². The molecule has 1 nitrogen and oxygen atoms in total. The molecule has 0 aromatic heterocycles. The lowest BCUT2D eigenvalue weighted by Crippen LogP contribution is -2.24. The molecule has 1 aliphatic rings. The average molecular weight is 130 g/mol. The van der Waals surface area contributed by atoms with Crippen LogP contribution in [0.15, 0.2) is 0 Å². The van der Waals surface area contributed by atoms with Crippen LogP contribution < -0.4 is 0 Å². The summed E-state index contributed by atoms with van der Waals surface area (Å²) in [6, 6.07) is 1.39. The molecule has 0 amide bonds. The fraction of sp³-hybridized carbons (Fsp3) is 1.00. The largest absolute Gasteiger partial charge is 0.420 e. The van der Waals surface area contributed by atoms with Crippen molar-refractivity contribution in [3.63, 3.8) is 0 Å². The molecule has 1 fully saturated rings. The molecule has 1 aliphatic heterocycles. The maximum atomic E-state index is 5.49. The second-order valence-electron chi connectivity index (χ2n) is 2.81. The molecule has 0 spiro atoms. The normalized spacial score (nSPS) is 39.8. The Bertz CT molecular complexity index is 66.9. The molecule has 1 saturated heterocycles. The zero-order chi connectivity index (χ0) is 5.98. The van der Waals surface area contributed by atoms with Crippen molar-refractivity contribution in [1.29, 1.82) is 0 Å². The van der Waals surface area contributed by atoms with Gasteiger partial charge in [-0.3, -0.25) is 0 Å². The molecule has 48 valence electrons. The van der Waals surface area contributed by atoms with Gasteiger partial charge in [-0.25, -0.2) is 0 Å². The second-order valence-corrected chi connectivity index (χ2v) is 5.24. The van der Waals surface area contributed by atoms with Gasteiger partial charge >= 0.3 is 0 Å². The molecule has 0 aliphatic carbocycles. The first-order chi connectivity index (χ1) is 3.79. The van der Waals surface area contributed by atoms with Crippen LogP contribution in [0, 0.1) is 5.92 Å². The zero-order valence-electron chi connectivity index (χ0n) is 5.68. The molecule has 2 heteroatoms. The highest BCUT2D eigenvalue weighted by Gasteiger charge is 2.15. The minimum atomic E-state index is -0.652. The predicted molar refractivity (Wildman–Crippen MR) is 37.6 cm³/mol. The Morgan fingerprint density at radius 3 is 2.75 bits per heavy atom. The van der Waals surface area contributed by atoms with Crippen LogP contribution >= 0.6 is 0 Å². The van der Waals surface area contributed by atoms with Gasteiger partial charge in [-0.15, -0.1) is 0 Å². The maximum absolute atomic E-state index is 5.49. The molecule has 1 rings (SSSR count). The molecule has 1 heterocycles. The minimum absolute atomic E-state index is 0.652. The lowest BCUT2D eigenvalue weighted by molar-refractivity contribution is 0.259. The summed E-state index contributed by atoms with van der Waals surface area (Å²) in [5.41, 5.74) is 0. The Kier molecular flexibility index (Phi) is 2.08. The quantitative estimate of drug-likeness (QED) is 0.450. The molecule has 0 saturated carbocycles. The predicted octanol–water partition coefficient (Wildman–Crippen LogP) is 1.40. The molecule has 0 N–H and O–H groups in total. The van der Waals surface area contributed by atoms with Crippen LogP contribution in [-0.2, 0) is 4.43 Å². The molecule has 0 radical (unpaired) electrons. The van der Waals surface area contributed by atoms with Crippen LogP contribution in [0.1, 0.15) is 13.3 Å². The third kappa shape index (κ3) is 1.60. The van der Waals surface area contributed by atoms with E-state index in [0.717, 1.165) is 12.5 Å². The van der Waals surface area contributed by atoms with Crippen molar-refractivity contribution in [3.8, 4) is 0 Å². The number of hydrogen-bond donors (Lipinski definition) is 0. The van der Waals surface area contributed by atoms with Gasteiger partial charge in [0.05, 0.1) is 0 Å². The first-order valence-corrected chi connectivity index (χ1v) is 5.85. The van der Waals surface area contributed by atoms with Crippen molar-refractivity contribution < 1.29 is 4.43 Å². The van der Waals surface area contributed by atoms with Crippen molar-refractivity contribution in [2.24, 2.45) is 5.92 Å². The molecule has 2 atom stereocenters. The van der Waals surface area contributed by atoms with Crippen LogP contribution in [0.5, 0.6) is 0 Å². The van der Waals surface area contributed by atoms with E-state index in [9.17, 15) is 0 Å². The fourth-order valence-corrected chi connectivity index (χ4v) is 3.27. The SMILES string of the molecule is CC1CCO[SiH](C)C1. The molecule has 0 aromatic rings. The Hall–Kier alpha value is 0.177. The van der Waals surface area contributed by atoms with E-state index in [1.807, 2.05) is 0 Å². The summed E-state index contributed by atoms with van der Waals surface area (Å²) in [6.07, 6.45) is 1.29. The van der Waals surface area contributed by atoms with Crippen LogP contribution in [0.25, 0.3) is 0 Å². The van der Waals surface area contributed by atoms with Crippen molar-refractivity contribution in [2.75, 3.05) is 6.61 Å². The zero-order valence-corrected chi connectivity index (χ0v) is 6.84. The summed E-state index contributed by atoms with van der Waals surface area (Å²) in [5.74, 6) is 0.949. The third-order valence-corrected chi connectivity index (χ3v) is 4.02. The van der Waals surface area contributed by atoms with Gasteiger partial charge in [0.25, 0.3) is 0 Å². The lowest BCUT2D eigenvalue weighted by Gasteiger charge is -2.22. The molecule has 0 aromatic carbocycles. The van der Waals surface area contributed by atoms with Crippen LogP contribution in [0.4, 0.5) is 0 Å². The minimum Gasteiger partial charge on any atom is -0.420 e. The Morgan fingerprint density at radius 2 is 2.38 bits per heavy atom. The topological polar surface area (TPSA) is 9.23 Å². The van der Waals surface area contributed by atoms with Gasteiger partial charge in [-0.2, -0.15) is 0 Å². The second kappa shape index (κ2) is 2.64. The highest BCUT2D eigenvalue weighted by atomic mass is 28.3. The molecular weight excluding hydrogens is 116 g/mol. The number of hydrogen-bond acceptors (Lipinski definition) is 1.